The van der Waals surface area contributed by atoms with E-state index in [4.69, 9.17) is 11.6 Å². The van der Waals surface area contributed by atoms with Crippen molar-refractivity contribution in [2.24, 2.45) is 0 Å². The molecule has 104 valence electrons. The maximum atomic E-state index is 12.5. The molecule has 1 heterocycles. The fraction of sp³-hybridized carbons (Fsp3) is 0.562. The molecule has 0 fully saturated rings. The normalized spacial score (nSPS) is 16.8. The van der Waals surface area contributed by atoms with Crippen LogP contribution in [0, 0.1) is 0 Å². The highest BCUT2D eigenvalue weighted by Crippen LogP contribution is 2.41. The molecule has 3 heteroatoms. The first-order valence-electron chi connectivity index (χ1n) is 7.06. The number of para-hydroxylation sites is 1. The van der Waals surface area contributed by atoms with Crippen LogP contribution < -0.4 is 4.90 Å². The molecule has 0 saturated carbocycles. The van der Waals surface area contributed by atoms with Crippen LogP contribution in [0.15, 0.2) is 24.3 Å². The molecule has 0 radical (unpaired) electrons. The van der Waals surface area contributed by atoms with Gasteiger partial charge in [0.05, 0.1) is 5.41 Å². The number of hydrogen-bond donors (Lipinski definition) is 0. The highest BCUT2D eigenvalue weighted by molar-refractivity contribution is 6.17. The zero-order valence-corrected chi connectivity index (χ0v) is 12.5. The Hall–Kier alpha value is -1.02. The Morgan fingerprint density at radius 1 is 1.11 bits per heavy atom. The summed E-state index contributed by atoms with van der Waals surface area (Å²) in [5.74, 6) is 0.962. The molecule has 0 bridgehead atoms. The van der Waals surface area contributed by atoms with Crippen LogP contribution in [0.4, 0.5) is 5.69 Å². The maximum Gasteiger partial charge on any atom is 0.237 e. The van der Waals surface area contributed by atoms with Gasteiger partial charge in [-0.2, -0.15) is 0 Å². The Kier molecular flexibility index (Phi) is 4.51. The van der Waals surface area contributed by atoms with Crippen LogP contribution in [0.5, 0.6) is 0 Å². The molecule has 0 saturated heterocycles. The van der Waals surface area contributed by atoms with Gasteiger partial charge in [0.1, 0.15) is 0 Å². The summed E-state index contributed by atoms with van der Waals surface area (Å²) >= 11 is 5.67. The monoisotopic (exact) mass is 279 g/mol. The number of fused-ring (bicyclic) bond motifs is 1. The number of rotatable bonds is 6. The molecule has 0 unspecified atom stereocenters. The predicted octanol–water partition coefficient (Wildman–Crippen LogP) is 4.11. The second-order valence-electron chi connectivity index (χ2n) is 5.70. The van der Waals surface area contributed by atoms with Gasteiger partial charge in [0.25, 0.3) is 0 Å². The highest BCUT2D eigenvalue weighted by Gasteiger charge is 2.42. The summed E-state index contributed by atoms with van der Waals surface area (Å²) in [7, 11) is 0. The number of hydrogen-bond acceptors (Lipinski definition) is 1. The van der Waals surface area contributed by atoms with E-state index in [0.717, 1.165) is 49.4 Å². The summed E-state index contributed by atoms with van der Waals surface area (Å²) in [5, 5.41) is 0. The third kappa shape index (κ3) is 2.79. The lowest BCUT2D eigenvalue weighted by molar-refractivity contribution is -0.122. The zero-order chi connectivity index (χ0) is 13.9. The number of amides is 1. The summed E-state index contributed by atoms with van der Waals surface area (Å²) in [6.07, 6.45) is 4.40. The molecule has 1 aromatic carbocycles. The minimum atomic E-state index is -0.382. The fourth-order valence-electron chi connectivity index (χ4n) is 2.74. The Balaban J connectivity index is 2.04. The van der Waals surface area contributed by atoms with Crippen LogP contribution >= 0.6 is 11.6 Å². The van der Waals surface area contributed by atoms with E-state index in [1.54, 1.807) is 0 Å². The molecule has 1 aromatic rings. The molecule has 0 spiro atoms. The predicted molar refractivity (Wildman–Crippen MR) is 81.0 cm³/mol. The van der Waals surface area contributed by atoms with Crippen LogP contribution in [0.2, 0.25) is 0 Å². The molecule has 1 aliphatic rings. The first-order valence-corrected chi connectivity index (χ1v) is 7.60. The summed E-state index contributed by atoms with van der Waals surface area (Å²) in [6.45, 7) is 4.85. The lowest BCUT2D eigenvalue weighted by Crippen LogP contribution is -2.36. The van der Waals surface area contributed by atoms with Gasteiger partial charge in [-0.15, -0.1) is 11.6 Å². The highest BCUT2D eigenvalue weighted by atomic mass is 35.5. The Morgan fingerprint density at radius 2 is 1.79 bits per heavy atom. The van der Waals surface area contributed by atoms with Gasteiger partial charge in [-0.05, 0) is 38.3 Å². The Bertz CT molecular complexity index is 456. The number of unbranched alkanes of at least 4 members (excludes halogenated alkanes) is 3. The number of benzene rings is 1. The summed E-state index contributed by atoms with van der Waals surface area (Å²) in [4.78, 5) is 14.5. The van der Waals surface area contributed by atoms with Crippen molar-refractivity contribution < 1.29 is 4.79 Å². The van der Waals surface area contributed by atoms with Gasteiger partial charge in [-0.25, -0.2) is 0 Å². The van der Waals surface area contributed by atoms with Gasteiger partial charge in [-0.1, -0.05) is 31.0 Å². The lowest BCUT2D eigenvalue weighted by atomic mass is 9.86. The Morgan fingerprint density at radius 3 is 2.53 bits per heavy atom. The Labute approximate surface area is 120 Å². The third-order valence-electron chi connectivity index (χ3n) is 3.91. The summed E-state index contributed by atoms with van der Waals surface area (Å²) in [6, 6.07) is 8.15. The van der Waals surface area contributed by atoms with Gasteiger partial charge in [0, 0.05) is 18.1 Å². The van der Waals surface area contributed by atoms with Crippen molar-refractivity contribution in [2.45, 2.75) is 44.9 Å². The van der Waals surface area contributed by atoms with E-state index in [-0.39, 0.29) is 11.3 Å². The standard InChI is InChI=1S/C16H22ClNO/c1-16(2)13-9-5-6-10-14(13)18(15(16)19)12-8-4-3-7-11-17/h5-6,9-10H,3-4,7-8,11-12H2,1-2H3. The van der Waals surface area contributed by atoms with E-state index in [1.165, 1.54) is 0 Å². The lowest BCUT2D eigenvalue weighted by Gasteiger charge is -2.20. The van der Waals surface area contributed by atoms with Gasteiger partial charge in [0.2, 0.25) is 5.91 Å². The van der Waals surface area contributed by atoms with Crippen molar-refractivity contribution in [1.82, 2.24) is 0 Å². The van der Waals surface area contributed by atoms with Gasteiger partial charge >= 0.3 is 0 Å². The average Bonchev–Trinajstić information content (AvgIpc) is 2.60. The van der Waals surface area contributed by atoms with Crippen LogP contribution in [0.3, 0.4) is 0 Å². The number of carbonyl (C=O) groups excluding carboxylic acids is 1. The van der Waals surface area contributed by atoms with E-state index in [1.807, 2.05) is 30.9 Å². The minimum absolute atomic E-state index is 0.228. The molecule has 1 amide bonds. The second-order valence-corrected chi connectivity index (χ2v) is 6.08. The molecule has 0 N–H and O–H groups in total. The van der Waals surface area contributed by atoms with Crippen LogP contribution in [-0.2, 0) is 10.2 Å². The fourth-order valence-corrected chi connectivity index (χ4v) is 2.93. The van der Waals surface area contributed by atoms with E-state index in [9.17, 15) is 4.79 Å². The third-order valence-corrected chi connectivity index (χ3v) is 4.18. The summed E-state index contributed by atoms with van der Waals surface area (Å²) < 4.78 is 0. The van der Waals surface area contributed by atoms with Gasteiger partial charge in [-0.3, -0.25) is 4.79 Å². The molecule has 19 heavy (non-hydrogen) atoms. The SMILES string of the molecule is CC1(C)C(=O)N(CCCCCCCl)c2ccccc21. The van der Waals surface area contributed by atoms with E-state index >= 15 is 0 Å². The van der Waals surface area contributed by atoms with Crippen molar-refractivity contribution in [3.63, 3.8) is 0 Å². The number of nitrogens with zero attached hydrogens (tertiary/aromatic N) is 1. The smallest absolute Gasteiger partial charge is 0.237 e. The van der Waals surface area contributed by atoms with Crippen LogP contribution in [0.1, 0.15) is 45.1 Å². The molecule has 0 atom stereocenters. The van der Waals surface area contributed by atoms with Crippen molar-refractivity contribution in [3.8, 4) is 0 Å². The van der Waals surface area contributed by atoms with Gasteiger partial charge < -0.3 is 4.90 Å². The van der Waals surface area contributed by atoms with Gasteiger partial charge in [0.15, 0.2) is 0 Å². The second kappa shape index (κ2) is 5.96. The van der Waals surface area contributed by atoms with Crippen molar-refractivity contribution in [2.75, 3.05) is 17.3 Å². The molecule has 1 aliphatic heterocycles. The van der Waals surface area contributed by atoms with Crippen molar-refractivity contribution >= 4 is 23.2 Å². The average molecular weight is 280 g/mol. The molecule has 2 rings (SSSR count). The molecule has 0 aliphatic carbocycles. The topological polar surface area (TPSA) is 20.3 Å². The maximum absolute atomic E-state index is 12.5. The number of alkyl halides is 1. The van der Waals surface area contributed by atoms with Crippen LogP contribution in [-0.4, -0.2) is 18.3 Å². The largest absolute Gasteiger partial charge is 0.311 e. The quantitative estimate of drug-likeness (QED) is 0.567. The molecule has 0 aromatic heterocycles. The minimum Gasteiger partial charge on any atom is -0.311 e. The number of anilines is 1. The van der Waals surface area contributed by atoms with Crippen molar-refractivity contribution in [1.29, 1.82) is 0 Å². The molecular formula is C16H22ClNO. The summed E-state index contributed by atoms with van der Waals surface area (Å²) in [5.41, 5.74) is 1.86. The van der Waals surface area contributed by atoms with E-state index in [2.05, 4.69) is 12.1 Å². The van der Waals surface area contributed by atoms with E-state index in [0.29, 0.717) is 0 Å². The molecule has 2 nitrogen and oxygen atoms in total. The molecular weight excluding hydrogens is 258 g/mol. The van der Waals surface area contributed by atoms with Crippen molar-refractivity contribution in [3.05, 3.63) is 29.8 Å². The number of carbonyl (C=O) groups is 1. The zero-order valence-electron chi connectivity index (χ0n) is 11.8. The van der Waals surface area contributed by atoms with Crippen LogP contribution in [0.25, 0.3) is 0 Å². The first kappa shape index (κ1) is 14.4. The van der Waals surface area contributed by atoms with E-state index < -0.39 is 0 Å². The number of halogens is 1. The first-order chi connectivity index (χ1) is 9.09.